The maximum atomic E-state index is 12.4. The van der Waals surface area contributed by atoms with Crippen LogP contribution in [-0.2, 0) is 5.60 Å². The van der Waals surface area contributed by atoms with Crippen molar-refractivity contribution in [1.82, 2.24) is 25.3 Å². The molecule has 1 aliphatic rings. The lowest BCUT2D eigenvalue weighted by Crippen LogP contribution is -2.43. The maximum absolute atomic E-state index is 12.4. The average Bonchev–Trinajstić information content (AvgIpc) is 3.06. The van der Waals surface area contributed by atoms with Crippen LogP contribution in [0.4, 0.5) is 0 Å². The van der Waals surface area contributed by atoms with E-state index in [4.69, 9.17) is 0 Å². The van der Waals surface area contributed by atoms with Gasteiger partial charge in [0.15, 0.2) is 0 Å². The van der Waals surface area contributed by atoms with Crippen molar-refractivity contribution < 1.29 is 9.90 Å². The molecule has 1 saturated carbocycles. The Kier molecular flexibility index (Phi) is 4.62. The molecular formula is C17H23N5O2. The van der Waals surface area contributed by atoms with Crippen LogP contribution in [0.2, 0.25) is 0 Å². The van der Waals surface area contributed by atoms with Crippen molar-refractivity contribution in [3.8, 4) is 0 Å². The lowest BCUT2D eigenvalue weighted by Gasteiger charge is -2.32. The summed E-state index contributed by atoms with van der Waals surface area (Å²) in [5.74, 6) is -0.122. The lowest BCUT2D eigenvalue weighted by molar-refractivity contribution is 0.0736. The third-order valence-corrected chi connectivity index (χ3v) is 4.45. The molecule has 0 aliphatic heterocycles. The molecule has 2 N–H and O–H groups in total. The number of aliphatic hydroxyl groups is 1. The van der Waals surface area contributed by atoms with E-state index >= 15 is 0 Å². The molecule has 2 atom stereocenters. The Morgan fingerprint density at radius 3 is 2.83 bits per heavy atom. The first-order valence-electron chi connectivity index (χ1n) is 8.31. The van der Waals surface area contributed by atoms with Crippen molar-refractivity contribution in [3.63, 3.8) is 0 Å². The zero-order valence-electron chi connectivity index (χ0n) is 14.0. The van der Waals surface area contributed by atoms with Crippen molar-refractivity contribution in [1.29, 1.82) is 0 Å². The average molecular weight is 329 g/mol. The molecule has 0 radical (unpaired) electrons. The summed E-state index contributed by atoms with van der Waals surface area (Å²) in [4.78, 5) is 16.4. The number of nitrogens with one attached hydrogen (secondary N) is 1. The van der Waals surface area contributed by atoms with Crippen LogP contribution in [0.25, 0.3) is 0 Å². The van der Waals surface area contributed by atoms with Crippen LogP contribution in [0.3, 0.4) is 0 Å². The summed E-state index contributed by atoms with van der Waals surface area (Å²) in [6.07, 6.45) is 8.96. The minimum atomic E-state index is -1.03. The largest absolute Gasteiger partial charge is 0.384 e. The summed E-state index contributed by atoms with van der Waals surface area (Å²) in [6.45, 7) is 3.37. The van der Waals surface area contributed by atoms with Crippen LogP contribution in [0.15, 0.2) is 30.7 Å². The van der Waals surface area contributed by atoms with E-state index in [9.17, 15) is 9.90 Å². The van der Waals surface area contributed by atoms with Gasteiger partial charge in [-0.3, -0.25) is 9.78 Å². The first kappa shape index (κ1) is 16.6. The number of carbonyl (C=O) groups excluding carboxylic acids is 1. The number of pyridine rings is 1. The Labute approximate surface area is 141 Å². The molecule has 3 rings (SSSR count). The molecule has 1 fully saturated rings. The molecule has 128 valence electrons. The van der Waals surface area contributed by atoms with Crippen molar-refractivity contribution in [3.05, 3.63) is 42.0 Å². The van der Waals surface area contributed by atoms with Gasteiger partial charge in [0.05, 0.1) is 23.8 Å². The molecule has 24 heavy (non-hydrogen) atoms. The van der Waals surface area contributed by atoms with E-state index in [-0.39, 0.29) is 18.0 Å². The van der Waals surface area contributed by atoms with Crippen LogP contribution in [0.5, 0.6) is 0 Å². The zero-order valence-corrected chi connectivity index (χ0v) is 14.0. The van der Waals surface area contributed by atoms with E-state index in [0.717, 1.165) is 25.7 Å². The smallest absolute Gasteiger partial charge is 0.253 e. The van der Waals surface area contributed by atoms with E-state index in [0.29, 0.717) is 11.3 Å². The fraction of sp³-hybridized carbons (Fsp3) is 0.529. The Hall–Kier alpha value is -2.28. The maximum Gasteiger partial charge on any atom is 0.253 e. The fourth-order valence-electron chi connectivity index (χ4n) is 3.06. The molecule has 0 aromatic carbocycles. The molecule has 2 aromatic rings. The van der Waals surface area contributed by atoms with Crippen molar-refractivity contribution in [2.75, 3.05) is 0 Å². The normalized spacial score (nSPS) is 21.5. The molecule has 0 saturated heterocycles. The van der Waals surface area contributed by atoms with E-state index < -0.39 is 5.60 Å². The highest BCUT2D eigenvalue weighted by molar-refractivity contribution is 5.94. The predicted octanol–water partition coefficient (Wildman–Crippen LogP) is 1.81. The highest BCUT2D eigenvalue weighted by Crippen LogP contribution is 2.29. The van der Waals surface area contributed by atoms with Gasteiger partial charge in [-0.1, -0.05) is 18.1 Å². The molecule has 2 heterocycles. The van der Waals surface area contributed by atoms with Gasteiger partial charge in [0, 0.05) is 12.4 Å². The van der Waals surface area contributed by atoms with Gasteiger partial charge in [-0.15, -0.1) is 5.10 Å². The fourth-order valence-corrected chi connectivity index (χ4v) is 3.06. The number of nitrogens with zero attached hydrogens (tertiary/aromatic N) is 4. The van der Waals surface area contributed by atoms with Crippen LogP contribution >= 0.6 is 0 Å². The van der Waals surface area contributed by atoms with Gasteiger partial charge in [0.2, 0.25) is 0 Å². The standard InChI is InChI=1S/C17H23N5O2/c1-17(2,24)15-11-22(21-20-15)14-8-4-3-7-13(14)19-16(23)12-6-5-9-18-10-12/h5-6,9-11,13-14,24H,3-4,7-8H2,1-2H3,(H,19,23)/t13-,14+/m0/s1. The number of hydrogen-bond acceptors (Lipinski definition) is 5. The Balaban J connectivity index is 1.76. The highest BCUT2D eigenvalue weighted by atomic mass is 16.3. The molecule has 7 nitrogen and oxygen atoms in total. The van der Waals surface area contributed by atoms with Crippen molar-refractivity contribution >= 4 is 5.91 Å². The number of amides is 1. The highest BCUT2D eigenvalue weighted by Gasteiger charge is 2.30. The Morgan fingerprint density at radius 1 is 1.38 bits per heavy atom. The van der Waals surface area contributed by atoms with E-state index in [1.54, 1.807) is 49.3 Å². The molecule has 7 heteroatoms. The second-order valence-electron chi connectivity index (χ2n) is 6.82. The first-order valence-corrected chi connectivity index (χ1v) is 8.31. The second kappa shape index (κ2) is 6.68. The molecule has 2 aromatic heterocycles. The third kappa shape index (κ3) is 3.62. The van der Waals surface area contributed by atoms with Gasteiger partial charge >= 0.3 is 0 Å². The molecule has 0 bridgehead atoms. The third-order valence-electron chi connectivity index (χ3n) is 4.45. The van der Waals surface area contributed by atoms with Crippen LogP contribution < -0.4 is 5.32 Å². The van der Waals surface area contributed by atoms with Gasteiger partial charge in [-0.05, 0) is 38.8 Å². The summed E-state index contributed by atoms with van der Waals surface area (Å²) < 4.78 is 1.78. The van der Waals surface area contributed by atoms with E-state index in [2.05, 4.69) is 20.6 Å². The molecule has 0 spiro atoms. The van der Waals surface area contributed by atoms with E-state index in [1.165, 1.54) is 0 Å². The quantitative estimate of drug-likeness (QED) is 0.892. The number of aromatic nitrogens is 4. The Morgan fingerprint density at radius 2 is 2.17 bits per heavy atom. The first-order chi connectivity index (χ1) is 11.4. The lowest BCUT2D eigenvalue weighted by atomic mass is 9.90. The predicted molar refractivity (Wildman–Crippen MR) is 88.3 cm³/mol. The number of hydrogen-bond donors (Lipinski definition) is 2. The van der Waals surface area contributed by atoms with Crippen LogP contribution in [0.1, 0.15) is 61.6 Å². The number of rotatable bonds is 4. The molecule has 0 unspecified atom stereocenters. The summed E-state index contributed by atoms with van der Waals surface area (Å²) >= 11 is 0. The van der Waals surface area contributed by atoms with Crippen LogP contribution in [0, 0.1) is 0 Å². The SMILES string of the molecule is CC(C)(O)c1cn([C@@H]2CCCC[C@@H]2NC(=O)c2cccnc2)nn1. The van der Waals surface area contributed by atoms with Crippen molar-refractivity contribution in [2.24, 2.45) is 0 Å². The summed E-state index contributed by atoms with van der Waals surface area (Å²) in [5, 5.41) is 21.4. The van der Waals surface area contributed by atoms with Gasteiger partial charge < -0.3 is 10.4 Å². The molecule has 1 aliphatic carbocycles. The minimum absolute atomic E-state index is 0.0113. The van der Waals surface area contributed by atoms with Gasteiger partial charge in [-0.25, -0.2) is 4.68 Å². The summed E-state index contributed by atoms with van der Waals surface area (Å²) in [6, 6.07) is 3.54. The monoisotopic (exact) mass is 329 g/mol. The van der Waals surface area contributed by atoms with Gasteiger partial charge in [-0.2, -0.15) is 0 Å². The van der Waals surface area contributed by atoms with Crippen molar-refractivity contribution in [2.45, 2.75) is 57.2 Å². The topological polar surface area (TPSA) is 92.9 Å². The second-order valence-corrected chi connectivity index (χ2v) is 6.82. The van der Waals surface area contributed by atoms with E-state index in [1.807, 2.05) is 0 Å². The summed E-state index contributed by atoms with van der Waals surface area (Å²) in [7, 11) is 0. The van der Waals surface area contributed by atoms with Gasteiger partial charge in [0.25, 0.3) is 5.91 Å². The number of carbonyl (C=O) groups is 1. The molecular weight excluding hydrogens is 306 g/mol. The van der Waals surface area contributed by atoms with Crippen LogP contribution in [-0.4, -0.2) is 37.0 Å². The Bertz CT molecular complexity index is 693. The zero-order chi connectivity index (χ0) is 17.2. The van der Waals surface area contributed by atoms with Gasteiger partial charge in [0.1, 0.15) is 11.3 Å². The molecule has 1 amide bonds. The summed E-state index contributed by atoms with van der Waals surface area (Å²) in [5.41, 5.74) is 0.0597. The minimum Gasteiger partial charge on any atom is -0.384 e.